The molecule has 6 aliphatic rings. The van der Waals surface area contributed by atoms with Gasteiger partial charge in [-0.25, -0.2) is 0 Å². The molecule has 1 unspecified atom stereocenters. The van der Waals surface area contributed by atoms with Crippen molar-refractivity contribution < 1.29 is 14.3 Å². The third kappa shape index (κ3) is 2.88. The molecule has 31 heavy (non-hydrogen) atoms. The summed E-state index contributed by atoms with van der Waals surface area (Å²) in [5.41, 5.74) is 0.739. The zero-order valence-corrected chi connectivity index (χ0v) is 19.6. The Morgan fingerprint density at radius 2 is 1.81 bits per heavy atom. The second kappa shape index (κ2) is 7.05. The number of nitrogens with one attached hydrogen (secondary N) is 1. The molecule has 0 radical (unpaired) electrons. The number of ether oxygens (including phenoxy) is 1. The van der Waals surface area contributed by atoms with E-state index >= 15 is 0 Å². The van der Waals surface area contributed by atoms with Gasteiger partial charge in [-0.1, -0.05) is 26.2 Å². The van der Waals surface area contributed by atoms with Gasteiger partial charge in [0.15, 0.2) is 0 Å². The Bertz CT molecular complexity index is 774. The molecule has 0 bridgehead atoms. The minimum absolute atomic E-state index is 0.0446. The molecule has 0 heterocycles. The predicted molar refractivity (Wildman–Crippen MR) is 119 cm³/mol. The van der Waals surface area contributed by atoms with Crippen molar-refractivity contribution in [2.24, 2.45) is 34.0 Å². The third-order valence-corrected chi connectivity index (χ3v) is 11.4. The maximum atomic E-state index is 12.9. The van der Waals surface area contributed by atoms with Crippen molar-refractivity contribution in [2.45, 2.75) is 122 Å². The average molecular weight is 428 g/mol. The van der Waals surface area contributed by atoms with Gasteiger partial charge in [-0.2, -0.15) is 0 Å². The Hall–Kier alpha value is -0.900. The number of ketones is 1. The number of carbonyl (C=O) groups is 2. The smallest absolute Gasteiger partial charge is 0.302 e. The molecular formula is C27H41NO3. The Morgan fingerprint density at radius 3 is 2.58 bits per heavy atom. The monoisotopic (exact) mass is 427 g/mol. The van der Waals surface area contributed by atoms with Crippen molar-refractivity contribution in [1.82, 2.24) is 5.32 Å². The zero-order chi connectivity index (χ0) is 21.4. The molecule has 0 aromatic heterocycles. The van der Waals surface area contributed by atoms with Crippen molar-refractivity contribution in [3.8, 4) is 0 Å². The van der Waals surface area contributed by atoms with E-state index in [2.05, 4.69) is 12.2 Å². The molecule has 0 aromatic rings. The minimum atomic E-state index is -0.113. The molecule has 8 atom stereocenters. The Morgan fingerprint density at radius 1 is 1.00 bits per heavy atom. The minimum Gasteiger partial charge on any atom is -0.463 e. The van der Waals surface area contributed by atoms with E-state index in [-0.39, 0.29) is 17.5 Å². The molecule has 0 saturated heterocycles. The van der Waals surface area contributed by atoms with Crippen molar-refractivity contribution in [3.63, 3.8) is 0 Å². The molecule has 0 aliphatic heterocycles. The fourth-order valence-electron chi connectivity index (χ4n) is 10.0. The molecule has 6 fully saturated rings. The lowest BCUT2D eigenvalue weighted by Gasteiger charge is -2.57. The average Bonchev–Trinajstić information content (AvgIpc) is 3.35. The summed E-state index contributed by atoms with van der Waals surface area (Å²) in [7, 11) is 0. The summed E-state index contributed by atoms with van der Waals surface area (Å²) < 4.78 is 5.79. The first-order valence-corrected chi connectivity index (χ1v) is 13.3. The molecule has 6 rings (SSSR count). The summed E-state index contributed by atoms with van der Waals surface area (Å²) in [6.07, 6.45) is 17.1. The van der Waals surface area contributed by atoms with Crippen molar-refractivity contribution in [1.29, 1.82) is 0 Å². The van der Waals surface area contributed by atoms with Crippen LogP contribution in [0.1, 0.15) is 104 Å². The van der Waals surface area contributed by atoms with Crippen LogP contribution < -0.4 is 5.32 Å². The normalized spacial score (nSPS) is 51.3. The molecule has 0 spiro atoms. The van der Waals surface area contributed by atoms with Gasteiger partial charge in [0.2, 0.25) is 0 Å². The highest BCUT2D eigenvalue weighted by atomic mass is 16.5. The molecule has 0 aromatic carbocycles. The van der Waals surface area contributed by atoms with Crippen LogP contribution in [0.4, 0.5) is 0 Å². The number of rotatable bonds is 3. The van der Waals surface area contributed by atoms with E-state index in [1.54, 1.807) is 6.92 Å². The standard InChI is InChI=1S/C27H41NO3/c1-17(29)31-19-10-13-26-16-27(26,15-19)23(28-18-6-4-3-5-7-18)14-20-21-8-9-24(30)25(21,2)12-11-22(20)26/h18-23,28H,3-16H2,1-2H3/t19-,20-,21-,22-,23?,25-,26-,27+/m0/s1. The van der Waals surface area contributed by atoms with Gasteiger partial charge in [0.05, 0.1) is 0 Å². The van der Waals surface area contributed by atoms with E-state index in [1.165, 1.54) is 57.8 Å². The Balaban J connectivity index is 1.31. The quantitative estimate of drug-likeness (QED) is 0.630. The zero-order valence-electron chi connectivity index (χ0n) is 19.6. The second-order valence-corrected chi connectivity index (χ2v) is 12.5. The predicted octanol–water partition coefficient (Wildman–Crippen LogP) is 5.18. The second-order valence-electron chi connectivity index (χ2n) is 12.5. The lowest BCUT2D eigenvalue weighted by Crippen LogP contribution is -2.58. The van der Waals surface area contributed by atoms with Gasteiger partial charge in [0, 0.05) is 30.8 Å². The molecule has 172 valence electrons. The summed E-state index contributed by atoms with van der Waals surface area (Å²) in [4.78, 5) is 24.6. The van der Waals surface area contributed by atoms with Crippen LogP contribution in [0.25, 0.3) is 0 Å². The Kier molecular flexibility index (Phi) is 4.70. The Labute approximate surface area is 187 Å². The lowest BCUT2D eigenvalue weighted by molar-refractivity contribution is -0.153. The van der Waals surface area contributed by atoms with E-state index in [1.807, 2.05) is 0 Å². The van der Waals surface area contributed by atoms with Crippen LogP contribution in [-0.2, 0) is 14.3 Å². The molecular weight excluding hydrogens is 386 g/mol. The largest absolute Gasteiger partial charge is 0.463 e. The molecule has 6 aliphatic carbocycles. The first kappa shape index (κ1) is 20.7. The lowest BCUT2D eigenvalue weighted by atomic mass is 9.49. The first-order valence-electron chi connectivity index (χ1n) is 13.3. The van der Waals surface area contributed by atoms with Gasteiger partial charge in [-0.15, -0.1) is 0 Å². The van der Waals surface area contributed by atoms with Gasteiger partial charge in [0.1, 0.15) is 11.9 Å². The van der Waals surface area contributed by atoms with E-state index < -0.39 is 0 Å². The van der Waals surface area contributed by atoms with Gasteiger partial charge < -0.3 is 10.1 Å². The maximum absolute atomic E-state index is 12.9. The molecule has 1 N–H and O–H groups in total. The molecule has 0 amide bonds. The van der Waals surface area contributed by atoms with E-state index in [9.17, 15) is 9.59 Å². The van der Waals surface area contributed by atoms with Crippen LogP contribution in [0.2, 0.25) is 0 Å². The van der Waals surface area contributed by atoms with E-state index in [0.29, 0.717) is 40.5 Å². The van der Waals surface area contributed by atoms with Crippen molar-refractivity contribution in [2.75, 3.05) is 0 Å². The van der Waals surface area contributed by atoms with Gasteiger partial charge >= 0.3 is 5.97 Å². The van der Waals surface area contributed by atoms with Crippen LogP contribution in [0.15, 0.2) is 0 Å². The molecule has 6 saturated carbocycles. The maximum Gasteiger partial charge on any atom is 0.302 e. The topological polar surface area (TPSA) is 55.4 Å². The van der Waals surface area contributed by atoms with Crippen molar-refractivity contribution in [3.05, 3.63) is 0 Å². The fraction of sp³-hybridized carbons (Fsp3) is 0.926. The fourth-order valence-corrected chi connectivity index (χ4v) is 10.0. The SMILES string of the molecule is CC(=O)O[C@H]1CC[C@@]23C[C@]2(C1)C(NC1CCCCC1)C[C@@H]1[C@@H]3CC[C@]2(C)C(=O)CC[C@@H]12. The number of hydrogen-bond donors (Lipinski definition) is 1. The van der Waals surface area contributed by atoms with Crippen LogP contribution in [0.3, 0.4) is 0 Å². The van der Waals surface area contributed by atoms with E-state index in [0.717, 1.165) is 38.0 Å². The summed E-state index contributed by atoms with van der Waals surface area (Å²) in [5, 5.41) is 4.22. The number of carbonyl (C=O) groups excluding carboxylic acids is 2. The van der Waals surface area contributed by atoms with Gasteiger partial charge in [0.25, 0.3) is 0 Å². The summed E-state index contributed by atoms with van der Waals surface area (Å²) in [5.74, 6) is 2.55. The van der Waals surface area contributed by atoms with Gasteiger partial charge in [-0.05, 0) is 92.8 Å². The number of Topliss-reactive ketones (excluding diaryl/α,β-unsaturated/α-hetero) is 1. The molecule has 4 heteroatoms. The van der Waals surface area contributed by atoms with Crippen LogP contribution >= 0.6 is 0 Å². The highest BCUT2D eigenvalue weighted by Crippen LogP contribution is 2.82. The number of hydrogen-bond acceptors (Lipinski definition) is 4. The molecule has 4 nitrogen and oxygen atoms in total. The summed E-state index contributed by atoms with van der Waals surface area (Å²) >= 11 is 0. The van der Waals surface area contributed by atoms with Crippen LogP contribution in [0.5, 0.6) is 0 Å². The summed E-state index contributed by atoms with van der Waals surface area (Å²) in [6.45, 7) is 3.87. The summed E-state index contributed by atoms with van der Waals surface area (Å²) in [6, 6.07) is 1.21. The van der Waals surface area contributed by atoms with E-state index in [4.69, 9.17) is 4.74 Å². The highest BCUT2D eigenvalue weighted by molar-refractivity contribution is 5.87. The van der Waals surface area contributed by atoms with Gasteiger partial charge in [-0.3, -0.25) is 9.59 Å². The van der Waals surface area contributed by atoms with Crippen LogP contribution in [0, 0.1) is 34.0 Å². The van der Waals surface area contributed by atoms with Crippen molar-refractivity contribution >= 4 is 11.8 Å². The first-order chi connectivity index (χ1) is 14.9. The third-order valence-electron chi connectivity index (χ3n) is 11.4. The highest BCUT2D eigenvalue weighted by Gasteiger charge is 2.79. The number of fused-ring (bicyclic) bond motifs is 3. The van der Waals surface area contributed by atoms with Crippen LogP contribution in [-0.4, -0.2) is 29.9 Å². The number of esters is 1.